The molecule has 2 aromatic carbocycles. The van der Waals surface area contributed by atoms with Crippen LogP contribution in [0.1, 0.15) is 5.56 Å². The Morgan fingerprint density at radius 3 is 2.36 bits per heavy atom. The first-order valence-corrected chi connectivity index (χ1v) is 11.4. The number of halogens is 1. The molecule has 0 atom stereocenters. The molecule has 2 rings (SSSR count). The average Bonchev–Trinajstić information content (AvgIpc) is 2.79. The number of rotatable bonds is 11. The Balaban J connectivity index is 2.24. The van der Waals surface area contributed by atoms with E-state index >= 15 is 0 Å². The second kappa shape index (κ2) is 12.6. The van der Waals surface area contributed by atoms with E-state index in [0.717, 1.165) is 0 Å². The van der Waals surface area contributed by atoms with Gasteiger partial charge in [0, 0.05) is 17.7 Å². The molecule has 0 saturated heterocycles. The molecule has 0 radical (unpaired) electrons. The first-order valence-electron chi connectivity index (χ1n) is 9.52. The Kier molecular flexibility index (Phi) is 9.92. The van der Waals surface area contributed by atoms with E-state index in [4.69, 9.17) is 25.8 Å². The Bertz CT molecular complexity index is 1100. The van der Waals surface area contributed by atoms with Gasteiger partial charge in [-0.25, -0.2) is 17.9 Å². The van der Waals surface area contributed by atoms with Crippen LogP contribution in [0.15, 0.2) is 71.7 Å². The number of hydrogen-bond acceptors (Lipinski definition) is 7. The Labute approximate surface area is 197 Å². The number of carbonyl (C=O) groups is 2. The lowest BCUT2D eigenvalue weighted by atomic mass is 10.1. The summed E-state index contributed by atoms with van der Waals surface area (Å²) in [4.78, 5) is 24.4. The molecule has 9 nitrogen and oxygen atoms in total. The normalized spacial score (nSPS) is 11.4. The number of carbonyl (C=O) groups excluding carboxylic acids is 2. The minimum absolute atomic E-state index is 0.0229. The third-order valence-electron chi connectivity index (χ3n) is 3.96. The zero-order valence-corrected chi connectivity index (χ0v) is 19.3. The zero-order valence-electron chi connectivity index (χ0n) is 17.7. The number of hydrogen-bond donors (Lipinski definition) is 2. The third-order valence-corrected chi connectivity index (χ3v) is 5.56. The van der Waals surface area contributed by atoms with Crippen molar-refractivity contribution in [3.05, 3.63) is 77.3 Å². The second-order valence-electron chi connectivity index (χ2n) is 6.42. The standard InChI is InChI=1S/C22H23ClN2O7S/c1-3-12-31-22(27)24-14-17(13-16-4-8-19(9-5-16)32-15-30-2)21(26)25-33(28,29)20-10-6-18(23)7-11-20/h3-11,13H,1,12,14-15H2,2H3,(H,24,27)(H,25,26)/b17-13+. The van der Waals surface area contributed by atoms with Crippen molar-refractivity contribution in [2.45, 2.75) is 4.90 Å². The summed E-state index contributed by atoms with van der Waals surface area (Å²) in [6.45, 7) is 3.20. The summed E-state index contributed by atoms with van der Waals surface area (Å²) in [5.41, 5.74) is 0.531. The molecule has 2 amide bonds. The minimum Gasteiger partial charge on any atom is -0.468 e. The molecule has 0 saturated carbocycles. The molecule has 0 heterocycles. The molecule has 2 aromatic rings. The maximum atomic E-state index is 12.8. The largest absolute Gasteiger partial charge is 0.468 e. The fourth-order valence-corrected chi connectivity index (χ4v) is 3.51. The quantitative estimate of drug-likeness (QED) is 0.280. The van der Waals surface area contributed by atoms with E-state index in [2.05, 4.69) is 11.9 Å². The lowest BCUT2D eigenvalue weighted by Gasteiger charge is -2.12. The maximum absolute atomic E-state index is 12.8. The van der Waals surface area contributed by atoms with Crippen LogP contribution < -0.4 is 14.8 Å². The molecule has 0 unspecified atom stereocenters. The van der Waals surface area contributed by atoms with E-state index in [-0.39, 0.29) is 30.4 Å². The van der Waals surface area contributed by atoms with Gasteiger partial charge in [-0.2, -0.15) is 0 Å². The van der Waals surface area contributed by atoms with Gasteiger partial charge in [0.25, 0.3) is 15.9 Å². The number of amides is 2. The van der Waals surface area contributed by atoms with Crippen LogP contribution in [0.2, 0.25) is 5.02 Å². The maximum Gasteiger partial charge on any atom is 0.407 e. The van der Waals surface area contributed by atoms with Crippen LogP contribution >= 0.6 is 11.6 Å². The Hall–Kier alpha value is -3.34. The predicted octanol–water partition coefficient (Wildman–Crippen LogP) is 3.12. The Morgan fingerprint density at radius 1 is 1.09 bits per heavy atom. The van der Waals surface area contributed by atoms with Gasteiger partial charge in [0.1, 0.15) is 12.4 Å². The predicted molar refractivity (Wildman–Crippen MR) is 123 cm³/mol. The molecule has 0 bridgehead atoms. The highest BCUT2D eigenvalue weighted by atomic mass is 35.5. The van der Waals surface area contributed by atoms with Gasteiger partial charge < -0.3 is 19.5 Å². The van der Waals surface area contributed by atoms with Gasteiger partial charge >= 0.3 is 6.09 Å². The topological polar surface area (TPSA) is 120 Å². The fourth-order valence-electron chi connectivity index (χ4n) is 2.40. The lowest BCUT2D eigenvalue weighted by Crippen LogP contribution is -2.36. The van der Waals surface area contributed by atoms with Gasteiger partial charge in [0.05, 0.1) is 11.4 Å². The molecule has 0 aliphatic heterocycles. The van der Waals surface area contributed by atoms with E-state index < -0.39 is 22.0 Å². The molecule has 0 fully saturated rings. The molecular weight excluding hydrogens is 472 g/mol. The van der Waals surface area contributed by atoms with E-state index in [0.29, 0.717) is 16.3 Å². The first-order chi connectivity index (χ1) is 15.7. The number of alkyl carbamates (subject to hydrolysis) is 1. The lowest BCUT2D eigenvalue weighted by molar-refractivity contribution is -0.115. The second-order valence-corrected chi connectivity index (χ2v) is 8.54. The van der Waals surface area contributed by atoms with Gasteiger partial charge in [-0.05, 0) is 48.0 Å². The fraction of sp³-hybridized carbons (Fsp3) is 0.182. The number of sulfonamides is 1. The summed E-state index contributed by atoms with van der Waals surface area (Å²) in [6, 6.07) is 11.9. The van der Waals surface area contributed by atoms with Gasteiger partial charge in [0.15, 0.2) is 6.79 Å². The summed E-state index contributed by atoms with van der Waals surface area (Å²) in [5, 5.41) is 2.75. The van der Waals surface area contributed by atoms with E-state index in [9.17, 15) is 18.0 Å². The number of nitrogens with one attached hydrogen (secondary N) is 2. The average molecular weight is 495 g/mol. The van der Waals surface area contributed by atoms with Gasteiger partial charge in [-0.1, -0.05) is 36.4 Å². The van der Waals surface area contributed by atoms with Gasteiger partial charge in [-0.15, -0.1) is 0 Å². The van der Waals surface area contributed by atoms with E-state index in [1.165, 1.54) is 43.5 Å². The first kappa shape index (κ1) is 25.9. The number of benzene rings is 2. The summed E-state index contributed by atoms with van der Waals surface area (Å²) >= 11 is 5.79. The molecule has 33 heavy (non-hydrogen) atoms. The van der Waals surface area contributed by atoms with Crippen LogP contribution in [-0.2, 0) is 24.3 Å². The van der Waals surface area contributed by atoms with Crippen LogP contribution in [0.5, 0.6) is 5.75 Å². The number of ether oxygens (including phenoxy) is 3. The van der Waals surface area contributed by atoms with Crippen molar-refractivity contribution in [1.29, 1.82) is 0 Å². The van der Waals surface area contributed by atoms with Crippen LogP contribution in [0.25, 0.3) is 6.08 Å². The van der Waals surface area contributed by atoms with Crippen molar-refractivity contribution in [3.63, 3.8) is 0 Å². The highest BCUT2D eigenvalue weighted by Gasteiger charge is 2.21. The van der Waals surface area contributed by atoms with Crippen LogP contribution in [0, 0.1) is 0 Å². The molecule has 176 valence electrons. The van der Waals surface area contributed by atoms with Gasteiger partial charge in [-0.3, -0.25) is 4.79 Å². The summed E-state index contributed by atoms with van der Waals surface area (Å²) < 4.78 is 42.1. The minimum atomic E-state index is -4.17. The summed E-state index contributed by atoms with van der Waals surface area (Å²) in [6.07, 6.45) is 2.02. The van der Waals surface area contributed by atoms with Crippen LogP contribution in [0.4, 0.5) is 4.79 Å². The third kappa shape index (κ3) is 8.60. The molecular formula is C22H23ClN2O7S. The molecule has 0 aromatic heterocycles. The molecule has 0 spiro atoms. The zero-order chi connectivity index (χ0) is 24.3. The molecule has 11 heteroatoms. The van der Waals surface area contributed by atoms with Crippen molar-refractivity contribution < 1.29 is 32.2 Å². The highest BCUT2D eigenvalue weighted by Crippen LogP contribution is 2.17. The number of methoxy groups -OCH3 is 1. The van der Waals surface area contributed by atoms with Crippen molar-refractivity contribution in [1.82, 2.24) is 10.0 Å². The summed E-state index contributed by atoms with van der Waals surface area (Å²) in [7, 11) is -2.68. The van der Waals surface area contributed by atoms with E-state index in [1.54, 1.807) is 24.3 Å². The monoisotopic (exact) mass is 494 g/mol. The van der Waals surface area contributed by atoms with Crippen molar-refractivity contribution in [3.8, 4) is 5.75 Å². The van der Waals surface area contributed by atoms with Gasteiger partial charge in [0.2, 0.25) is 0 Å². The van der Waals surface area contributed by atoms with Crippen molar-refractivity contribution in [2.24, 2.45) is 0 Å². The van der Waals surface area contributed by atoms with Crippen molar-refractivity contribution in [2.75, 3.05) is 27.1 Å². The SMILES string of the molecule is C=CCOC(=O)NC/C(=C\c1ccc(OCOC)cc1)C(=O)NS(=O)(=O)c1ccc(Cl)cc1. The molecule has 0 aliphatic carbocycles. The summed E-state index contributed by atoms with van der Waals surface area (Å²) in [5.74, 6) is -0.384. The Morgan fingerprint density at radius 2 is 1.76 bits per heavy atom. The molecule has 2 N–H and O–H groups in total. The van der Waals surface area contributed by atoms with Crippen molar-refractivity contribution >= 4 is 39.7 Å². The van der Waals surface area contributed by atoms with Crippen LogP contribution in [-0.4, -0.2) is 47.5 Å². The van der Waals surface area contributed by atoms with E-state index in [1.807, 2.05) is 4.72 Å². The smallest absolute Gasteiger partial charge is 0.407 e. The highest BCUT2D eigenvalue weighted by molar-refractivity contribution is 7.90. The molecule has 0 aliphatic rings. The van der Waals surface area contributed by atoms with Crippen LogP contribution in [0.3, 0.4) is 0 Å².